The van der Waals surface area contributed by atoms with Gasteiger partial charge >= 0.3 is 0 Å². The molecular formula is C27H26ClN3O4S. The maximum Gasteiger partial charge on any atom is 0.271 e. The lowest BCUT2D eigenvalue weighted by molar-refractivity contribution is -0.127. The molecule has 3 heterocycles. The minimum Gasteiger partial charge on any atom is -0.486 e. The fraction of sp³-hybridized carbons (Fsp3) is 0.296. The number of benzene rings is 2. The number of fused-ring (bicyclic) bond motifs is 2. The highest BCUT2D eigenvalue weighted by Gasteiger charge is 2.34. The molecule has 0 unspecified atom stereocenters. The second kappa shape index (κ2) is 9.95. The number of carbonyl (C=O) groups is 1. The Morgan fingerprint density at radius 2 is 1.83 bits per heavy atom. The van der Waals surface area contributed by atoms with E-state index in [1.807, 2.05) is 57.2 Å². The smallest absolute Gasteiger partial charge is 0.271 e. The number of hydrogen-bond acceptors (Lipinski definition) is 6. The number of thiazole rings is 1. The summed E-state index contributed by atoms with van der Waals surface area (Å²) in [5.74, 6) is 1.23. The van der Waals surface area contributed by atoms with Crippen LogP contribution in [0.25, 0.3) is 6.08 Å². The normalized spacial score (nSPS) is 17.0. The number of hydrogen-bond donors (Lipinski definition) is 0. The summed E-state index contributed by atoms with van der Waals surface area (Å²) in [6.07, 6.45) is 1.83. The second-order valence-electron chi connectivity index (χ2n) is 8.51. The summed E-state index contributed by atoms with van der Waals surface area (Å²) in [5, 5.41) is 0.585. The van der Waals surface area contributed by atoms with Crippen LogP contribution in [0.15, 0.2) is 63.5 Å². The maximum absolute atomic E-state index is 13.8. The predicted molar refractivity (Wildman–Crippen MR) is 141 cm³/mol. The summed E-state index contributed by atoms with van der Waals surface area (Å²) in [6, 6.07) is 12.3. The molecule has 2 aliphatic heterocycles. The van der Waals surface area contributed by atoms with Crippen molar-refractivity contribution in [2.45, 2.75) is 26.8 Å². The molecule has 0 saturated carbocycles. The first-order valence-electron chi connectivity index (χ1n) is 11.9. The molecule has 1 aromatic heterocycles. The molecule has 2 aromatic carbocycles. The number of rotatable bonds is 5. The fourth-order valence-electron chi connectivity index (χ4n) is 4.54. The zero-order chi connectivity index (χ0) is 25.4. The second-order valence-corrected chi connectivity index (χ2v) is 9.96. The van der Waals surface area contributed by atoms with Crippen LogP contribution in [0.4, 0.5) is 0 Å². The van der Waals surface area contributed by atoms with Crippen molar-refractivity contribution in [3.63, 3.8) is 0 Å². The first kappa shape index (κ1) is 24.3. The van der Waals surface area contributed by atoms with Gasteiger partial charge in [0, 0.05) is 18.1 Å². The van der Waals surface area contributed by atoms with Crippen molar-refractivity contribution in [2.75, 3.05) is 26.3 Å². The maximum atomic E-state index is 13.8. The monoisotopic (exact) mass is 523 g/mol. The molecule has 186 valence electrons. The molecule has 0 spiro atoms. The Morgan fingerprint density at radius 3 is 2.53 bits per heavy atom. The third-order valence-corrected chi connectivity index (χ3v) is 7.59. The Bertz CT molecular complexity index is 1530. The Balaban J connectivity index is 1.68. The zero-order valence-electron chi connectivity index (χ0n) is 20.3. The molecule has 5 rings (SSSR count). The third-order valence-electron chi connectivity index (χ3n) is 6.35. The topological polar surface area (TPSA) is 73.1 Å². The van der Waals surface area contributed by atoms with E-state index >= 15 is 0 Å². The summed E-state index contributed by atoms with van der Waals surface area (Å²) >= 11 is 7.46. The Hall–Kier alpha value is -3.36. The molecule has 1 amide bonds. The lowest BCUT2D eigenvalue weighted by Gasteiger charge is -2.29. The third kappa shape index (κ3) is 4.35. The summed E-state index contributed by atoms with van der Waals surface area (Å²) in [6.45, 7) is 7.85. The van der Waals surface area contributed by atoms with Gasteiger partial charge in [-0.1, -0.05) is 41.1 Å². The van der Waals surface area contributed by atoms with Gasteiger partial charge in [-0.25, -0.2) is 4.99 Å². The lowest BCUT2D eigenvalue weighted by atomic mass is 9.94. The van der Waals surface area contributed by atoms with Crippen molar-refractivity contribution < 1.29 is 14.3 Å². The molecule has 0 N–H and O–H groups in total. The number of amides is 1. The number of allylic oxidation sites excluding steroid dienone is 1. The Kier molecular flexibility index (Phi) is 6.73. The van der Waals surface area contributed by atoms with Crippen LogP contribution >= 0.6 is 22.9 Å². The van der Waals surface area contributed by atoms with Crippen LogP contribution in [0.5, 0.6) is 11.5 Å². The average Bonchev–Trinajstić information content (AvgIpc) is 3.18. The van der Waals surface area contributed by atoms with E-state index in [2.05, 4.69) is 0 Å². The quantitative estimate of drug-likeness (QED) is 0.513. The van der Waals surface area contributed by atoms with E-state index in [0.29, 0.717) is 63.4 Å². The summed E-state index contributed by atoms with van der Waals surface area (Å²) < 4.78 is 13.4. The van der Waals surface area contributed by atoms with Crippen molar-refractivity contribution in [2.24, 2.45) is 4.99 Å². The van der Waals surface area contributed by atoms with Gasteiger partial charge < -0.3 is 14.4 Å². The molecule has 1 atom stereocenters. The zero-order valence-corrected chi connectivity index (χ0v) is 21.9. The Morgan fingerprint density at radius 1 is 1.14 bits per heavy atom. The van der Waals surface area contributed by atoms with Crippen LogP contribution in [0.3, 0.4) is 0 Å². The van der Waals surface area contributed by atoms with E-state index in [0.717, 1.165) is 11.1 Å². The summed E-state index contributed by atoms with van der Waals surface area (Å²) in [5.41, 5.74) is 2.53. The fourth-order valence-corrected chi connectivity index (χ4v) is 5.71. The van der Waals surface area contributed by atoms with Gasteiger partial charge in [-0.3, -0.25) is 14.2 Å². The minimum atomic E-state index is -0.603. The SMILES string of the molecule is CCN(CC)C(=O)C1=C(C)N=c2s/c(=C/c3ccc4c(c3)OCCO4)c(=O)n2[C@H]1c1ccc(Cl)cc1. The molecule has 0 bridgehead atoms. The van der Waals surface area contributed by atoms with Crippen molar-refractivity contribution in [3.8, 4) is 11.5 Å². The van der Waals surface area contributed by atoms with Gasteiger partial charge in [-0.2, -0.15) is 0 Å². The predicted octanol–water partition coefficient (Wildman–Crippen LogP) is 3.53. The van der Waals surface area contributed by atoms with Gasteiger partial charge in [0.25, 0.3) is 11.5 Å². The van der Waals surface area contributed by atoms with E-state index in [-0.39, 0.29) is 11.5 Å². The van der Waals surface area contributed by atoms with E-state index in [1.54, 1.807) is 21.6 Å². The van der Waals surface area contributed by atoms with E-state index in [4.69, 9.17) is 26.1 Å². The van der Waals surface area contributed by atoms with Gasteiger partial charge in [0.2, 0.25) is 0 Å². The van der Waals surface area contributed by atoms with Crippen LogP contribution < -0.4 is 24.4 Å². The minimum absolute atomic E-state index is 0.123. The highest BCUT2D eigenvalue weighted by atomic mass is 35.5. The standard InChI is InChI=1S/C27H26ClN3O4S/c1-4-30(5-2)26(33)23-16(3)29-27-31(24(23)18-7-9-19(28)10-8-18)25(32)22(36-27)15-17-6-11-20-21(14-17)35-13-12-34-20/h6-11,14-15,24H,4-5,12-13H2,1-3H3/b22-15+/t24-/m0/s1. The molecule has 7 nitrogen and oxygen atoms in total. The molecule has 36 heavy (non-hydrogen) atoms. The van der Waals surface area contributed by atoms with Gasteiger partial charge in [0.05, 0.1) is 21.8 Å². The van der Waals surface area contributed by atoms with E-state index in [1.165, 1.54) is 11.3 Å². The van der Waals surface area contributed by atoms with Crippen LogP contribution in [0, 0.1) is 0 Å². The Labute approximate surface area is 217 Å². The molecule has 9 heteroatoms. The molecule has 0 saturated heterocycles. The number of aromatic nitrogens is 1. The number of nitrogens with zero attached hydrogens (tertiary/aromatic N) is 3. The first-order valence-corrected chi connectivity index (χ1v) is 13.1. The van der Waals surface area contributed by atoms with Crippen LogP contribution in [-0.2, 0) is 4.79 Å². The highest BCUT2D eigenvalue weighted by Crippen LogP contribution is 2.32. The van der Waals surface area contributed by atoms with Gasteiger partial charge in [-0.05, 0) is 62.2 Å². The lowest BCUT2D eigenvalue weighted by Crippen LogP contribution is -2.43. The number of likely N-dealkylation sites (N-methyl/N-ethyl adjacent to an activating group) is 1. The first-order chi connectivity index (χ1) is 17.4. The average molecular weight is 524 g/mol. The molecule has 3 aromatic rings. The largest absolute Gasteiger partial charge is 0.486 e. The number of halogens is 1. The van der Waals surface area contributed by atoms with Gasteiger partial charge in [0.15, 0.2) is 16.3 Å². The summed E-state index contributed by atoms with van der Waals surface area (Å²) in [7, 11) is 0. The molecule has 2 aliphatic rings. The number of ether oxygens (including phenoxy) is 2. The van der Waals surface area contributed by atoms with Crippen LogP contribution in [0.1, 0.15) is 37.9 Å². The molecule has 0 aliphatic carbocycles. The highest BCUT2D eigenvalue weighted by molar-refractivity contribution is 7.07. The van der Waals surface area contributed by atoms with Gasteiger partial charge in [-0.15, -0.1) is 0 Å². The number of carbonyl (C=O) groups excluding carboxylic acids is 1. The van der Waals surface area contributed by atoms with Gasteiger partial charge in [0.1, 0.15) is 13.2 Å². The molecular weight excluding hydrogens is 498 g/mol. The molecule has 0 radical (unpaired) electrons. The van der Waals surface area contributed by atoms with Crippen molar-refractivity contribution in [3.05, 3.63) is 89.6 Å². The van der Waals surface area contributed by atoms with Crippen molar-refractivity contribution in [1.29, 1.82) is 0 Å². The van der Waals surface area contributed by atoms with Crippen LogP contribution in [0.2, 0.25) is 5.02 Å². The van der Waals surface area contributed by atoms with E-state index in [9.17, 15) is 9.59 Å². The van der Waals surface area contributed by atoms with Crippen LogP contribution in [-0.4, -0.2) is 41.7 Å². The van der Waals surface area contributed by atoms with E-state index < -0.39 is 6.04 Å². The van der Waals surface area contributed by atoms with Crippen molar-refractivity contribution in [1.82, 2.24) is 9.47 Å². The van der Waals surface area contributed by atoms with Crippen molar-refractivity contribution >= 4 is 34.9 Å². The summed E-state index contributed by atoms with van der Waals surface area (Å²) in [4.78, 5) is 34.4. The molecule has 0 fully saturated rings.